The summed E-state index contributed by atoms with van der Waals surface area (Å²) in [5.74, 6) is -0.310. The highest BCUT2D eigenvalue weighted by Gasteiger charge is 2.53. The van der Waals surface area contributed by atoms with E-state index < -0.39 is 124 Å². The van der Waals surface area contributed by atoms with Crippen molar-refractivity contribution in [3.8, 4) is 0 Å². The minimum atomic E-state index is -1.99. The molecule has 3 heterocycles. The van der Waals surface area contributed by atoms with Crippen LogP contribution in [0.2, 0.25) is 0 Å². The monoisotopic (exact) mass is 1390 g/mol. The van der Waals surface area contributed by atoms with E-state index >= 15 is 0 Å². The first kappa shape index (κ1) is 88.4. The molecule has 17 unspecified atom stereocenters. The van der Waals surface area contributed by atoms with Gasteiger partial charge in [0.05, 0.1) is 38.6 Å². The van der Waals surface area contributed by atoms with Gasteiger partial charge in [0.2, 0.25) is 5.91 Å². The number of nitrogens with one attached hydrogen (secondary N) is 1. The molecule has 99 heavy (non-hydrogen) atoms. The standard InChI is InChI=1S/C80H127NO18/c1-3-5-7-9-11-13-15-17-18-19-20-21-22-23-24-25-26-27-28-29-30-31-32-33-34-35-36-37-38-39-40-41-42-43-44-46-48-50-52-54-56-58-68(86)81-63(64(85)57-55-53-51-49-47-45-16-14-12-10-8-6-4-2)62-94-78-74(92)71(89)76(66(60-83)96-78)99-80-75(93)72(90)77(67(61-84)97-80)98-79-73(91)70(88)69(87)65(59-82)95-79/h5,7,11-14,17-18,20-21,23-24,26-27,29-30,32-33,35-36,38-39,41-42,47,49,55,57,63-67,69-80,82-85,87-93H,3-4,6,8-10,15-16,19,22,25,28,31,34,37,40,43-46,48,50-54,56,58-62H2,1-2H3,(H,81,86)/b7-5-,13-11-,14-12+,18-17-,21-20-,24-23-,27-26-,30-29-,33-32-,36-35-,39-38-,42-41-,49-47+,57-55+. The first-order valence-electron chi connectivity index (χ1n) is 36.9. The molecule has 3 aliphatic rings. The molecule has 3 fully saturated rings. The first-order chi connectivity index (χ1) is 48.3. The summed E-state index contributed by atoms with van der Waals surface area (Å²) in [7, 11) is 0. The Morgan fingerprint density at radius 2 is 0.707 bits per heavy atom. The average molecular weight is 1390 g/mol. The number of allylic oxidation sites excluding steroid dienone is 27. The van der Waals surface area contributed by atoms with E-state index in [9.17, 15) is 61.0 Å². The molecule has 19 heteroatoms. The number of amides is 1. The maximum Gasteiger partial charge on any atom is 0.220 e. The van der Waals surface area contributed by atoms with Gasteiger partial charge in [-0.1, -0.05) is 229 Å². The number of carbonyl (C=O) groups is 1. The van der Waals surface area contributed by atoms with Crippen LogP contribution in [0, 0.1) is 0 Å². The summed E-state index contributed by atoms with van der Waals surface area (Å²) in [4.78, 5) is 13.4. The second kappa shape index (κ2) is 58.6. The van der Waals surface area contributed by atoms with Crippen LogP contribution in [-0.4, -0.2) is 193 Å². The van der Waals surface area contributed by atoms with Crippen LogP contribution in [0.15, 0.2) is 170 Å². The fraction of sp³-hybridized carbons (Fsp3) is 0.637. The van der Waals surface area contributed by atoms with Crippen molar-refractivity contribution in [1.29, 1.82) is 0 Å². The van der Waals surface area contributed by atoms with Crippen molar-refractivity contribution >= 4 is 5.91 Å². The number of hydrogen-bond donors (Lipinski definition) is 12. The average Bonchev–Trinajstić information content (AvgIpc) is 0.785. The molecule has 0 radical (unpaired) electrons. The summed E-state index contributed by atoms with van der Waals surface area (Å²) in [6.07, 6.45) is 60.6. The van der Waals surface area contributed by atoms with Gasteiger partial charge in [-0.25, -0.2) is 0 Å². The number of rotatable bonds is 54. The molecule has 0 saturated carbocycles. The van der Waals surface area contributed by atoms with Gasteiger partial charge in [0, 0.05) is 6.42 Å². The molecule has 0 aliphatic carbocycles. The smallest absolute Gasteiger partial charge is 0.220 e. The van der Waals surface area contributed by atoms with Crippen molar-refractivity contribution in [2.24, 2.45) is 0 Å². The fourth-order valence-corrected chi connectivity index (χ4v) is 11.0. The van der Waals surface area contributed by atoms with E-state index in [0.29, 0.717) is 12.8 Å². The molecular weight excluding hydrogens is 1260 g/mol. The van der Waals surface area contributed by atoms with E-state index in [0.717, 1.165) is 141 Å². The summed E-state index contributed by atoms with van der Waals surface area (Å²) in [5, 5.41) is 120. The van der Waals surface area contributed by atoms with Crippen LogP contribution in [-0.2, 0) is 33.2 Å². The quantitative estimate of drug-likeness (QED) is 0.0199. The lowest BCUT2D eigenvalue weighted by atomic mass is 9.96. The number of unbranched alkanes of at least 4 members (excludes halogenated alkanes) is 12. The Kier molecular flexibility index (Phi) is 52.3. The normalized spacial score (nSPS) is 27.6. The van der Waals surface area contributed by atoms with Crippen LogP contribution < -0.4 is 5.32 Å². The van der Waals surface area contributed by atoms with Gasteiger partial charge in [-0.05, 0) is 128 Å². The molecule has 12 N–H and O–H groups in total. The molecule has 3 saturated heterocycles. The molecule has 0 aromatic heterocycles. The van der Waals surface area contributed by atoms with Gasteiger partial charge in [0.1, 0.15) is 73.2 Å². The molecule has 0 aromatic carbocycles. The van der Waals surface area contributed by atoms with E-state index in [-0.39, 0.29) is 18.9 Å². The number of ether oxygens (including phenoxy) is 6. The zero-order chi connectivity index (χ0) is 71.8. The molecule has 17 atom stereocenters. The summed E-state index contributed by atoms with van der Waals surface area (Å²) >= 11 is 0. The predicted molar refractivity (Wildman–Crippen MR) is 392 cm³/mol. The van der Waals surface area contributed by atoms with E-state index in [1.165, 1.54) is 19.3 Å². The van der Waals surface area contributed by atoms with Crippen molar-refractivity contribution in [3.63, 3.8) is 0 Å². The Morgan fingerprint density at radius 3 is 1.13 bits per heavy atom. The molecule has 3 aliphatic heterocycles. The molecule has 0 bridgehead atoms. The van der Waals surface area contributed by atoms with Gasteiger partial charge >= 0.3 is 0 Å². The Bertz CT molecular complexity index is 2460. The van der Waals surface area contributed by atoms with E-state index in [1.54, 1.807) is 6.08 Å². The first-order valence-corrected chi connectivity index (χ1v) is 36.9. The Balaban J connectivity index is 1.34. The lowest BCUT2D eigenvalue weighted by molar-refractivity contribution is -0.379. The highest BCUT2D eigenvalue weighted by molar-refractivity contribution is 5.76. The van der Waals surface area contributed by atoms with E-state index in [2.05, 4.69) is 177 Å². The van der Waals surface area contributed by atoms with Crippen molar-refractivity contribution in [3.05, 3.63) is 170 Å². The molecule has 0 aromatic rings. The second-order valence-electron chi connectivity index (χ2n) is 25.3. The third kappa shape index (κ3) is 39.4. The number of hydrogen-bond acceptors (Lipinski definition) is 18. The van der Waals surface area contributed by atoms with Crippen LogP contribution in [0.3, 0.4) is 0 Å². The topological polar surface area (TPSA) is 307 Å². The number of aliphatic hydroxyl groups is 11. The largest absolute Gasteiger partial charge is 0.394 e. The van der Waals surface area contributed by atoms with Crippen molar-refractivity contribution in [1.82, 2.24) is 5.32 Å². The van der Waals surface area contributed by atoms with Crippen LogP contribution in [0.5, 0.6) is 0 Å². The van der Waals surface area contributed by atoms with Crippen molar-refractivity contribution < 1.29 is 89.4 Å². The van der Waals surface area contributed by atoms with Crippen molar-refractivity contribution in [2.75, 3.05) is 26.4 Å². The third-order valence-corrected chi connectivity index (χ3v) is 17.0. The van der Waals surface area contributed by atoms with Crippen LogP contribution in [0.4, 0.5) is 0 Å². The summed E-state index contributed by atoms with van der Waals surface area (Å²) in [5.41, 5.74) is 0. The van der Waals surface area contributed by atoms with Gasteiger partial charge in [0.25, 0.3) is 0 Å². The number of aliphatic hydroxyl groups excluding tert-OH is 11. The highest BCUT2D eigenvalue weighted by Crippen LogP contribution is 2.33. The SMILES string of the molecule is CC/C=C\C/C=C\C/C=C\C/C=C\C/C=C\C/C=C\C/C=C\C/C=C\C/C=C\C/C=C\C/C=C\CCCCCCCCCC(=O)NC(COC1OC(CO)C(OC2OC(CO)C(OC3OC(CO)C(O)C(O)C3O)C(O)C2O)C(O)C1O)C(O)/C=C/CC/C=C/CC/C=C/CCCCC. The minimum Gasteiger partial charge on any atom is -0.394 e. The summed E-state index contributed by atoms with van der Waals surface area (Å²) in [6, 6.07) is -1.01. The third-order valence-electron chi connectivity index (χ3n) is 17.0. The molecule has 1 amide bonds. The maximum absolute atomic E-state index is 13.4. The molecule has 560 valence electrons. The second-order valence-corrected chi connectivity index (χ2v) is 25.3. The maximum atomic E-state index is 13.4. The predicted octanol–water partition coefficient (Wildman–Crippen LogP) is 11.0. The van der Waals surface area contributed by atoms with Crippen LogP contribution in [0.1, 0.15) is 194 Å². The van der Waals surface area contributed by atoms with Gasteiger partial charge in [-0.3, -0.25) is 4.79 Å². The zero-order valence-electron chi connectivity index (χ0n) is 59.4. The van der Waals surface area contributed by atoms with Crippen LogP contribution in [0.25, 0.3) is 0 Å². The Hall–Kier alpha value is -4.85. The molecular formula is C80H127NO18. The highest BCUT2D eigenvalue weighted by atomic mass is 16.8. The summed E-state index contributed by atoms with van der Waals surface area (Å²) < 4.78 is 34.3. The lowest BCUT2D eigenvalue weighted by Gasteiger charge is -2.48. The molecule has 0 spiro atoms. The number of carbonyl (C=O) groups excluding carboxylic acids is 1. The summed E-state index contributed by atoms with van der Waals surface area (Å²) in [6.45, 7) is 1.51. The van der Waals surface area contributed by atoms with Gasteiger partial charge in [-0.2, -0.15) is 0 Å². The van der Waals surface area contributed by atoms with Crippen molar-refractivity contribution in [2.45, 2.75) is 298 Å². The van der Waals surface area contributed by atoms with Gasteiger partial charge in [0.15, 0.2) is 18.9 Å². The zero-order valence-corrected chi connectivity index (χ0v) is 59.4. The fourth-order valence-electron chi connectivity index (χ4n) is 11.0. The van der Waals surface area contributed by atoms with Gasteiger partial charge in [-0.15, -0.1) is 0 Å². The Labute approximate surface area is 592 Å². The van der Waals surface area contributed by atoms with E-state index in [4.69, 9.17) is 28.4 Å². The van der Waals surface area contributed by atoms with E-state index in [1.807, 2.05) is 6.08 Å². The molecule has 3 rings (SSSR count). The van der Waals surface area contributed by atoms with Crippen LogP contribution >= 0.6 is 0 Å². The Morgan fingerprint density at radius 1 is 0.374 bits per heavy atom. The van der Waals surface area contributed by atoms with Gasteiger partial charge < -0.3 is 89.9 Å². The minimum absolute atomic E-state index is 0.207. The molecule has 19 nitrogen and oxygen atoms in total. The lowest BCUT2D eigenvalue weighted by Crippen LogP contribution is -2.66.